The van der Waals surface area contributed by atoms with Gasteiger partial charge in [-0.15, -0.1) is 0 Å². The van der Waals surface area contributed by atoms with Gasteiger partial charge in [0.1, 0.15) is 11.8 Å². The molecule has 3 rings (SSSR count). The normalized spacial score (nSPS) is 11.5. The molecule has 0 saturated heterocycles. The molecule has 0 radical (unpaired) electrons. The molecule has 5 nitrogen and oxygen atoms in total. The van der Waals surface area contributed by atoms with E-state index < -0.39 is 6.04 Å². The quantitative estimate of drug-likeness (QED) is 0.533. The van der Waals surface area contributed by atoms with Gasteiger partial charge in [-0.05, 0) is 43.5 Å². The zero-order valence-corrected chi connectivity index (χ0v) is 19.8. The zero-order chi connectivity index (χ0) is 23.8. The van der Waals surface area contributed by atoms with Crippen molar-refractivity contribution in [1.29, 1.82) is 0 Å². The predicted octanol–water partition coefficient (Wildman–Crippen LogP) is 4.38. The molecule has 3 aromatic carbocycles. The van der Waals surface area contributed by atoms with Crippen LogP contribution in [-0.2, 0) is 22.6 Å². The summed E-state index contributed by atoms with van der Waals surface area (Å²) in [5.41, 5.74) is 5.20. The summed E-state index contributed by atoms with van der Waals surface area (Å²) in [5.74, 6) is 0.231. The number of ether oxygens (including phenoxy) is 1. The lowest BCUT2D eigenvalue weighted by Gasteiger charge is -2.31. The molecule has 0 aliphatic carbocycles. The van der Waals surface area contributed by atoms with Crippen LogP contribution >= 0.6 is 0 Å². The predicted molar refractivity (Wildman–Crippen MR) is 131 cm³/mol. The van der Waals surface area contributed by atoms with Crippen molar-refractivity contribution in [3.8, 4) is 5.75 Å². The second-order valence-electron chi connectivity index (χ2n) is 8.38. The van der Waals surface area contributed by atoms with Crippen molar-refractivity contribution in [2.45, 2.75) is 39.8 Å². The second-order valence-corrected chi connectivity index (χ2v) is 8.38. The second kappa shape index (κ2) is 11.3. The molecule has 1 unspecified atom stereocenters. The smallest absolute Gasteiger partial charge is 0.261 e. The molecule has 0 aliphatic heterocycles. The summed E-state index contributed by atoms with van der Waals surface area (Å²) in [6.07, 6.45) is 0.418. The van der Waals surface area contributed by atoms with Crippen LogP contribution in [0.4, 0.5) is 0 Å². The van der Waals surface area contributed by atoms with Crippen LogP contribution in [0.5, 0.6) is 5.75 Å². The molecule has 1 atom stereocenters. The van der Waals surface area contributed by atoms with Gasteiger partial charge in [-0.25, -0.2) is 0 Å². The maximum atomic E-state index is 13.4. The van der Waals surface area contributed by atoms with E-state index in [0.29, 0.717) is 18.7 Å². The lowest BCUT2D eigenvalue weighted by molar-refractivity contribution is -0.142. The Bertz CT molecular complexity index is 1080. The van der Waals surface area contributed by atoms with Gasteiger partial charge in [-0.2, -0.15) is 0 Å². The van der Waals surface area contributed by atoms with Gasteiger partial charge in [0, 0.05) is 20.0 Å². The summed E-state index contributed by atoms with van der Waals surface area (Å²) < 4.78 is 5.88. The van der Waals surface area contributed by atoms with E-state index in [1.165, 1.54) is 0 Å². The molecule has 3 aromatic rings. The van der Waals surface area contributed by atoms with Crippen molar-refractivity contribution >= 4 is 11.8 Å². The van der Waals surface area contributed by atoms with Crippen molar-refractivity contribution in [2.24, 2.45) is 0 Å². The third-order valence-electron chi connectivity index (χ3n) is 5.67. The van der Waals surface area contributed by atoms with E-state index in [-0.39, 0.29) is 18.4 Å². The average molecular weight is 445 g/mol. The third-order valence-corrected chi connectivity index (χ3v) is 5.67. The number of aryl methyl sites for hydroxylation is 3. The fourth-order valence-corrected chi connectivity index (χ4v) is 3.79. The standard InChI is InChI=1S/C28H32N2O3/c1-20-10-13-24(14-11-20)18-30(25(28(32)29-4)17-23-8-6-5-7-9-23)27(31)19-33-26-15-12-21(2)16-22(26)3/h5-16,25H,17-19H2,1-4H3,(H,29,32). The van der Waals surface area contributed by atoms with Crippen molar-refractivity contribution in [3.63, 3.8) is 0 Å². The van der Waals surface area contributed by atoms with Gasteiger partial charge in [0.2, 0.25) is 5.91 Å². The maximum absolute atomic E-state index is 13.4. The maximum Gasteiger partial charge on any atom is 0.261 e. The van der Waals surface area contributed by atoms with Crippen molar-refractivity contribution in [3.05, 3.63) is 101 Å². The van der Waals surface area contributed by atoms with E-state index in [1.54, 1.807) is 11.9 Å². The number of carbonyl (C=O) groups excluding carboxylic acids is 2. The summed E-state index contributed by atoms with van der Waals surface area (Å²) in [5, 5.41) is 2.73. The van der Waals surface area contributed by atoms with Crippen LogP contribution in [0.1, 0.15) is 27.8 Å². The van der Waals surface area contributed by atoms with Gasteiger partial charge in [0.15, 0.2) is 6.61 Å². The first-order chi connectivity index (χ1) is 15.9. The first-order valence-electron chi connectivity index (χ1n) is 11.2. The number of nitrogens with zero attached hydrogens (tertiary/aromatic N) is 1. The van der Waals surface area contributed by atoms with Crippen LogP contribution in [0.15, 0.2) is 72.8 Å². The highest BCUT2D eigenvalue weighted by Gasteiger charge is 2.30. The number of hydrogen-bond donors (Lipinski definition) is 1. The Morgan fingerprint density at radius 2 is 1.55 bits per heavy atom. The first-order valence-corrected chi connectivity index (χ1v) is 11.2. The Labute approximate surface area is 196 Å². The van der Waals surface area contributed by atoms with Gasteiger partial charge >= 0.3 is 0 Å². The Balaban J connectivity index is 1.87. The lowest BCUT2D eigenvalue weighted by Crippen LogP contribution is -2.51. The fourth-order valence-electron chi connectivity index (χ4n) is 3.79. The molecule has 0 fully saturated rings. The average Bonchev–Trinajstić information content (AvgIpc) is 2.82. The van der Waals surface area contributed by atoms with Gasteiger partial charge in [0.05, 0.1) is 0 Å². The van der Waals surface area contributed by atoms with Crippen LogP contribution in [-0.4, -0.2) is 36.4 Å². The zero-order valence-electron chi connectivity index (χ0n) is 19.8. The molecule has 1 N–H and O–H groups in total. The molecule has 5 heteroatoms. The highest BCUT2D eigenvalue weighted by Crippen LogP contribution is 2.20. The molecule has 172 valence electrons. The highest BCUT2D eigenvalue weighted by molar-refractivity contribution is 5.88. The number of likely N-dealkylation sites (N-methyl/N-ethyl adjacent to an activating group) is 1. The third kappa shape index (κ3) is 6.69. The first kappa shape index (κ1) is 24.1. The molecule has 0 spiro atoms. The van der Waals surface area contributed by atoms with E-state index in [0.717, 1.165) is 27.8 Å². The Kier molecular flexibility index (Phi) is 8.25. The lowest BCUT2D eigenvalue weighted by atomic mass is 10.0. The molecule has 0 bridgehead atoms. The SMILES string of the molecule is CNC(=O)C(Cc1ccccc1)N(Cc1ccc(C)cc1)C(=O)COc1ccc(C)cc1C. The topological polar surface area (TPSA) is 58.6 Å². The van der Waals surface area contributed by atoms with Crippen LogP contribution < -0.4 is 10.1 Å². The number of nitrogens with one attached hydrogen (secondary N) is 1. The minimum Gasteiger partial charge on any atom is -0.483 e. The Morgan fingerprint density at radius 1 is 0.879 bits per heavy atom. The van der Waals surface area contributed by atoms with E-state index >= 15 is 0 Å². The van der Waals surface area contributed by atoms with E-state index in [1.807, 2.05) is 93.6 Å². The molecule has 33 heavy (non-hydrogen) atoms. The molecular weight excluding hydrogens is 412 g/mol. The summed E-state index contributed by atoms with van der Waals surface area (Å²) in [6.45, 7) is 6.17. The number of amides is 2. The minimum absolute atomic E-state index is 0.141. The van der Waals surface area contributed by atoms with Gasteiger partial charge in [-0.1, -0.05) is 77.9 Å². The molecule has 0 heterocycles. The molecule has 2 amide bonds. The van der Waals surface area contributed by atoms with E-state index in [2.05, 4.69) is 5.32 Å². The number of benzene rings is 3. The van der Waals surface area contributed by atoms with Crippen molar-refractivity contribution in [2.75, 3.05) is 13.7 Å². The summed E-state index contributed by atoms with van der Waals surface area (Å²) >= 11 is 0. The molecule has 0 saturated carbocycles. The fraction of sp³-hybridized carbons (Fsp3) is 0.286. The highest BCUT2D eigenvalue weighted by atomic mass is 16.5. The van der Waals surface area contributed by atoms with E-state index in [4.69, 9.17) is 4.74 Å². The van der Waals surface area contributed by atoms with Crippen LogP contribution in [0.25, 0.3) is 0 Å². The minimum atomic E-state index is -0.658. The van der Waals surface area contributed by atoms with Crippen LogP contribution in [0.2, 0.25) is 0 Å². The number of carbonyl (C=O) groups is 2. The largest absolute Gasteiger partial charge is 0.483 e. The summed E-state index contributed by atoms with van der Waals surface area (Å²) in [4.78, 5) is 28.0. The van der Waals surface area contributed by atoms with Crippen LogP contribution in [0.3, 0.4) is 0 Å². The Morgan fingerprint density at radius 3 is 2.18 bits per heavy atom. The molecular formula is C28H32N2O3. The monoisotopic (exact) mass is 444 g/mol. The summed E-state index contributed by atoms with van der Waals surface area (Å²) in [7, 11) is 1.60. The summed E-state index contributed by atoms with van der Waals surface area (Å²) in [6, 6.07) is 22.9. The number of rotatable bonds is 9. The molecule has 0 aliphatic rings. The molecule has 0 aromatic heterocycles. The van der Waals surface area contributed by atoms with Gasteiger partial charge < -0.3 is 15.0 Å². The van der Waals surface area contributed by atoms with Gasteiger partial charge in [0.25, 0.3) is 5.91 Å². The number of hydrogen-bond acceptors (Lipinski definition) is 3. The van der Waals surface area contributed by atoms with Gasteiger partial charge in [-0.3, -0.25) is 9.59 Å². The van der Waals surface area contributed by atoms with Crippen molar-refractivity contribution < 1.29 is 14.3 Å². The van der Waals surface area contributed by atoms with E-state index in [9.17, 15) is 9.59 Å². The Hall–Kier alpha value is -3.60. The van der Waals surface area contributed by atoms with Crippen molar-refractivity contribution in [1.82, 2.24) is 10.2 Å². The van der Waals surface area contributed by atoms with Crippen LogP contribution in [0, 0.1) is 20.8 Å².